The number of carbonyl (C=O) groups excluding carboxylic acids is 1. The zero-order valence-electron chi connectivity index (χ0n) is 12.7. The number of rotatable bonds is 6. The first-order valence-corrected chi connectivity index (χ1v) is 7.07. The summed E-state index contributed by atoms with van der Waals surface area (Å²) in [5.41, 5.74) is 1.04. The Morgan fingerprint density at radius 1 is 1.29 bits per heavy atom. The summed E-state index contributed by atoms with van der Waals surface area (Å²) in [5, 5.41) is 2.94. The van der Waals surface area contributed by atoms with Gasteiger partial charge in [-0.3, -0.25) is 4.79 Å². The van der Waals surface area contributed by atoms with Gasteiger partial charge in [0, 0.05) is 6.42 Å². The molecule has 0 saturated heterocycles. The second-order valence-corrected chi connectivity index (χ2v) is 5.05. The Morgan fingerprint density at radius 2 is 2.05 bits per heavy atom. The minimum atomic E-state index is -0.121. The normalized spacial score (nSPS) is 12.0. The Hall–Kier alpha value is -2.23. The molecule has 0 radical (unpaired) electrons. The predicted molar refractivity (Wildman–Crippen MR) is 81.3 cm³/mol. The largest absolute Gasteiger partial charge is 0.496 e. The van der Waals surface area contributed by atoms with Gasteiger partial charge in [0.15, 0.2) is 0 Å². The molecule has 21 heavy (non-hydrogen) atoms. The summed E-state index contributed by atoms with van der Waals surface area (Å²) in [6, 6.07) is 11.4. The number of furan rings is 1. The van der Waals surface area contributed by atoms with Crippen LogP contribution in [0.25, 0.3) is 0 Å². The van der Waals surface area contributed by atoms with Crippen LogP contribution < -0.4 is 10.1 Å². The predicted octanol–water partition coefficient (Wildman–Crippen LogP) is 3.41. The van der Waals surface area contributed by atoms with E-state index in [-0.39, 0.29) is 11.9 Å². The molecule has 1 atom stereocenters. The lowest BCUT2D eigenvalue weighted by Crippen LogP contribution is -2.26. The molecule has 0 unspecified atom stereocenters. The Morgan fingerprint density at radius 3 is 2.71 bits per heavy atom. The maximum absolute atomic E-state index is 12.0. The van der Waals surface area contributed by atoms with E-state index in [0.29, 0.717) is 12.8 Å². The Bertz CT molecular complexity index is 604. The van der Waals surface area contributed by atoms with Crippen molar-refractivity contribution in [2.24, 2.45) is 0 Å². The molecule has 2 aromatic rings. The van der Waals surface area contributed by atoms with Gasteiger partial charge in [-0.05, 0) is 44.0 Å². The van der Waals surface area contributed by atoms with Gasteiger partial charge in [0.05, 0.1) is 13.2 Å². The molecule has 0 saturated carbocycles. The summed E-state index contributed by atoms with van der Waals surface area (Å²) in [6.45, 7) is 3.80. The number of hydrogen-bond donors (Lipinski definition) is 1. The van der Waals surface area contributed by atoms with Gasteiger partial charge in [-0.2, -0.15) is 0 Å². The third kappa shape index (κ3) is 4.12. The lowest BCUT2D eigenvalue weighted by molar-refractivity contribution is -0.121. The first-order valence-electron chi connectivity index (χ1n) is 7.07. The van der Waals surface area contributed by atoms with Gasteiger partial charge < -0.3 is 14.5 Å². The minimum Gasteiger partial charge on any atom is -0.496 e. The van der Waals surface area contributed by atoms with Crippen LogP contribution in [0, 0.1) is 6.92 Å². The smallest absolute Gasteiger partial charge is 0.220 e. The zero-order valence-corrected chi connectivity index (χ0v) is 12.7. The standard InChI is InChI=1S/C17H21NO3/c1-12-8-10-15(21-12)13(2)18-17(19)11-9-14-6-4-5-7-16(14)20-3/h4-8,10,13H,9,11H2,1-3H3,(H,18,19)/t13-/m0/s1. The molecule has 1 aromatic carbocycles. The number of nitrogens with one attached hydrogen (secondary N) is 1. The first kappa shape index (κ1) is 15.2. The van der Waals surface area contributed by atoms with Crippen LogP contribution >= 0.6 is 0 Å². The van der Waals surface area contributed by atoms with Crippen molar-refractivity contribution < 1.29 is 13.9 Å². The van der Waals surface area contributed by atoms with E-state index in [1.807, 2.05) is 50.2 Å². The fraction of sp³-hybridized carbons (Fsp3) is 0.353. The second kappa shape index (κ2) is 6.97. The average molecular weight is 287 g/mol. The highest BCUT2D eigenvalue weighted by atomic mass is 16.5. The van der Waals surface area contributed by atoms with Gasteiger partial charge in [0.2, 0.25) is 5.91 Å². The van der Waals surface area contributed by atoms with E-state index in [1.54, 1.807) is 7.11 Å². The third-order valence-electron chi connectivity index (χ3n) is 3.38. The maximum atomic E-state index is 12.0. The van der Waals surface area contributed by atoms with Gasteiger partial charge in [-0.1, -0.05) is 18.2 Å². The minimum absolute atomic E-state index is 0.00228. The van der Waals surface area contributed by atoms with Crippen molar-refractivity contribution in [3.8, 4) is 5.75 Å². The molecule has 2 rings (SSSR count). The average Bonchev–Trinajstić information content (AvgIpc) is 2.92. The van der Waals surface area contributed by atoms with Gasteiger partial charge in [-0.25, -0.2) is 0 Å². The molecule has 0 aliphatic heterocycles. The van der Waals surface area contributed by atoms with Crippen molar-refractivity contribution in [3.63, 3.8) is 0 Å². The maximum Gasteiger partial charge on any atom is 0.220 e. The molecule has 4 heteroatoms. The number of para-hydroxylation sites is 1. The summed E-state index contributed by atoms with van der Waals surface area (Å²) in [7, 11) is 1.64. The molecule has 1 amide bonds. The topological polar surface area (TPSA) is 51.5 Å². The van der Waals surface area contributed by atoms with E-state index >= 15 is 0 Å². The van der Waals surface area contributed by atoms with Crippen LogP contribution in [-0.2, 0) is 11.2 Å². The molecule has 1 N–H and O–H groups in total. The number of amides is 1. The molecule has 1 heterocycles. The first-order chi connectivity index (χ1) is 10.1. The van der Waals surface area contributed by atoms with Crippen molar-refractivity contribution in [1.29, 1.82) is 0 Å². The van der Waals surface area contributed by atoms with E-state index in [2.05, 4.69) is 5.32 Å². The van der Waals surface area contributed by atoms with Crippen molar-refractivity contribution in [1.82, 2.24) is 5.32 Å². The zero-order chi connectivity index (χ0) is 15.2. The van der Waals surface area contributed by atoms with Gasteiger partial charge in [-0.15, -0.1) is 0 Å². The van der Waals surface area contributed by atoms with E-state index in [4.69, 9.17) is 9.15 Å². The molecular weight excluding hydrogens is 266 g/mol. The summed E-state index contributed by atoms with van der Waals surface area (Å²) in [5.74, 6) is 2.45. The summed E-state index contributed by atoms with van der Waals surface area (Å²) >= 11 is 0. The van der Waals surface area contributed by atoms with Crippen molar-refractivity contribution in [2.75, 3.05) is 7.11 Å². The van der Waals surface area contributed by atoms with Gasteiger partial charge >= 0.3 is 0 Å². The van der Waals surface area contributed by atoms with E-state index in [1.165, 1.54) is 0 Å². The third-order valence-corrected chi connectivity index (χ3v) is 3.38. The van der Waals surface area contributed by atoms with Crippen LogP contribution in [0.4, 0.5) is 0 Å². The highest BCUT2D eigenvalue weighted by Crippen LogP contribution is 2.19. The van der Waals surface area contributed by atoms with Crippen LogP contribution in [0.3, 0.4) is 0 Å². The Balaban J connectivity index is 1.87. The highest BCUT2D eigenvalue weighted by molar-refractivity contribution is 5.76. The molecule has 112 valence electrons. The second-order valence-electron chi connectivity index (χ2n) is 5.05. The highest BCUT2D eigenvalue weighted by Gasteiger charge is 2.13. The van der Waals surface area contributed by atoms with E-state index in [9.17, 15) is 4.79 Å². The molecule has 1 aromatic heterocycles. The number of benzene rings is 1. The van der Waals surface area contributed by atoms with Crippen molar-refractivity contribution in [3.05, 3.63) is 53.5 Å². The quantitative estimate of drug-likeness (QED) is 0.885. The monoisotopic (exact) mass is 287 g/mol. The molecule has 0 fully saturated rings. The van der Waals surface area contributed by atoms with Gasteiger partial charge in [0.1, 0.15) is 17.3 Å². The van der Waals surface area contributed by atoms with Crippen LogP contribution in [0.2, 0.25) is 0 Å². The molecule has 0 aliphatic carbocycles. The van der Waals surface area contributed by atoms with E-state index < -0.39 is 0 Å². The van der Waals surface area contributed by atoms with Crippen LogP contribution in [0.15, 0.2) is 40.8 Å². The lowest BCUT2D eigenvalue weighted by Gasteiger charge is -2.12. The van der Waals surface area contributed by atoms with Crippen molar-refractivity contribution >= 4 is 5.91 Å². The number of aryl methyl sites for hydroxylation is 2. The molecule has 0 aliphatic rings. The number of ether oxygens (including phenoxy) is 1. The van der Waals surface area contributed by atoms with Crippen LogP contribution in [-0.4, -0.2) is 13.0 Å². The Kier molecular flexibility index (Phi) is 5.04. The molecule has 0 bridgehead atoms. The number of carbonyl (C=O) groups is 1. The van der Waals surface area contributed by atoms with Crippen LogP contribution in [0.5, 0.6) is 5.75 Å². The lowest BCUT2D eigenvalue weighted by atomic mass is 10.1. The molecular formula is C17H21NO3. The summed E-state index contributed by atoms with van der Waals surface area (Å²) < 4.78 is 10.8. The molecule has 0 spiro atoms. The molecule has 4 nitrogen and oxygen atoms in total. The SMILES string of the molecule is COc1ccccc1CCC(=O)N[C@@H](C)c1ccc(C)o1. The van der Waals surface area contributed by atoms with Gasteiger partial charge in [0.25, 0.3) is 0 Å². The van der Waals surface area contributed by atoms with Crippen LogP contribution in [0.1, 0.15) is 36.5 Å². The number of hydrogen-bond acceptors (Lipinski definition) is 3. The summed E-state index contributed by atoms with van der Waals surface area (Å²) in [6.07, 6.45) is 1.07. The fourth-order valence-electron chi connectivity index (χ4n) is 2.23. The van der Waals surface area contributed by atoms with Crippen molar-refractivity contribution in [2.45, 2.75) is 32.7 Å². The fourth-order valence-corrected chi connectivity index (χ4v) is 2.23. The van der Waals surface area contributed by atoms with E-state index in [0.717, 1.165) is 22.8 Å². The summed E-state index contributed by atoms with van der Waals surface area (Å²) in [4.78, 5) is 12.0. The number of methoxy groups -OCH3 is 1. The Labute approximate surface area is 125 Å².